The normalized spacial score (nSPS) is 13.6. The smallest absolute Gasteiger partial charge is 0.135 e. The summed E-state index contributed by atoms with van der Waals surface area (Å²) < 4.78 is 5.81. The third kappa shape index (κ3) is 1.70. The fourth-order valence-electron chi connectivity index (χ4n) is 2.34. The molecule has 0 saturated heterocycles. The minimum absolute atomic E-state index is 0.0723. The molecule has 0 aliphatic heterocycles. The molecule has 1 atom stereocenters. The third-order valence-electron chi connectivity index (χ3n) is 3.50. The summed E-state index contributed by atoms with van der Waals surface area (Å²) in [7, 11) is 0. The van der Waals surface area contributed by atoms with Crippen molar-refractivity contribution in [3.8, 4) is 0 Å². The van der Waals surface area contributed by atoms with Crippen LogP contribution in [0.4, 0.5) is 0 Å². The molecule has 0 unspecified atom stereocenters. The number of fused-ring (bicyclic) bond motifs is 3. The maximum absolute atomic E-state index is 6.21. The van der Waals surface area contributed by atoms with E-state index in [2.05, 4.69) is 32.0 Å². The second kappa shape index (κ2) is 4.14. The first kappa shape index (κ1) is 11.3. The summed E-state index contributed by atoms with van der Waals surface area (Å²) >= 11 is 0. The predicted octanol–water partition coefficient (Wildman–Crippen LogP) is 4.24. The lowest BCUT2D eigenvalue weighted by molar-refractivity contribution is 0.514. The number of hydrogen-bond donors (Lipinski definition) is 1. The van der Waals surface area contributed by atoms with Crippen molar-refractivity contribution in [2.24, 2.45) is 11.7 Å². The van der Waals surface area contributed by atoms with Gasteiger partial charge in [0.05, 0.1) is 0 Å². The molecule has 0 bridgehead atoms. The molecule has 2 nitrogen and oxygen atoms in total. The molecule has 1 aromatic heterocycles. The molecular formula is C16H17NO. The monoisotopic (exact) mass is 239 g/mol. The summed E-state index contributed by atoms with van der Waals surface area (Å²) in [5, 5.41) is 2.31. The van der Waals surface area contributed by atoms with Gasteiger partial charge >= 0.3 is 0 Å². The van der Waals surface area contributed by atoms with Gasteiger partial charge in [0.15, 0.2) is 0 Å². The van der Waals surface area contributed by atoms with E-state index in [0.29, 0.717) is 5.92 Å². The van der Waals surface area contributed by atoms with Gasteiger partial charge in [0.1, 0.15) is 11.2 Å². The van der Waals surface area contributed by atoms with Crippen LogP contribution in [0.5, 0.6) is 0 Å². The van der Waals surface area contributed by atoms with Crippen molar-refractivity contribution < 1.29 is 4.42 Å². The molecule has 0 amide bonds. The molecule has 2 heteroatoms. The van der Waals surface area contributed by atoms with Crippen molar-refractivity contribution in [2.45, 2.75) is 19.9 Å². The zero-order valence-electron chi connectivity index (χ0n) is 10.7. The fraction of sp³-hybridized carbons (Fsp3) is 0.250. The molecule has 0 aliphatic rings. The summed E-state index contributed by atoms with van der Waals surface area (Å²) in [5.41, 5.74) is 9.24. The highest BCUT2D eigenvalue weighted by molar-refractivity contribution is 6.05. The van der Waals surface area contributed by atoms with Crippen LogP contribution in [0.2, 0.25) is 0 Å². The van der Waals surface area contributed by atoms with Crippen LogP contribution in [-0.2, 0) is 0 Å². The lowest BCUT2D eigenvalue weighted by atomic mass is 9.96. The van der Waals surface area contributed by atoms with Crippen LogP contribution >= 0.6 is 0 Å². The minimum Gasteiger partial charge on any atom is -0.456 e. The van der Waals surface area contributed by atoms with Gasteiger partial charge in [-0.3, -0.25) is 0 Å². The highest BCUT2D eigenvalue weighted by Crippen LogP contribution is 2.31. The summed E-state index contributed by atoms with van der Waals surface area (Å²) in [6, 6.07) is 14.4. The molecule has 2 aromatic carbocycles. The number of rotatable bonds is 2. The average molecular weight is 239 g/mol. The molecule has 18 heavy (non-hydrogen) atoms. The summed E-state index contributed by atoms with van der Waals surface area (Å²) in [6.07, 6.45) is 0. The topological polar surface area (TPSA) is 39.2 Å². The van der Waals surface area contributed by atoms with Crippen LogP contribution < -0.4 is 5.73 Å². The quantitative estimate of drug-likeness (QED) is 0.726. The number of furan rings is 1. The van der Waals surface area contributed by atoms with E-state index in [1.807, 2.05) is 24.3 Å². The van der Waals surface area contributed by atoms with E-state index in [9.17, 15) is 0 Å². The van der Waals surface area contributed by atoms with Crippen molar-refractivity contribution in [1.29, 1.82) is 0 Å². The van der Waals surface area contributed by atoms with Gasteiger partial charge in [-0.1, -0.05) is 38.1 Å². The Morgan fingerprint density at radius 2 is 1.67 bits per heavy atom. The molecule has 2 N–H and O–H groups in total. The van der Waals surface area contributed by atoms with E-state index in [0.717, 1.165) is 21.9 Å². The van der Waals surface area contributed by atoms with E-state index in [1.165, 1.54) is 5.56 Å². The van der Waals surface area contributed by atoms with Gasteiger partial charge in [-0.15, -0.1) is 0 Å². The van der Waals surface area contributed by atoms with Gasteiger partial charge in [0.2, 0.25) is 0 Å². The van der Waals surface area contributed by atoms with E-state index in [1.54, 1.807) is 0 Å². The number of para-hydroxylation sites is 1. The highest BCUT2D eigenvalue weighted by Gasteiger charge is 2.13. The van der Waals surface area contributed by atoms with Crippen LogP contribution in [0.1, 0.15) is 25.5 Å². The number of hydrogen-bond acceptors (Lipinski definition) is 2. The molecule has 0 spiro atoms. The third-order valence-corrected chi connectivity index (χ3v) is 3.50. The molecule has 0 fully saturated rings. The Labute approximate surface area is 106 Å². The van der Waals surface area contributed by atoms with Crippen LogP contribution in [0.25, 0.3) is 21.9 Å². The Kier molecular flexibility index (Phi) is 2.60. The Morgan fingerprint density at radius 3 is 2.44 bits per heavy atom. The van der Waals surface area contributed by atoms with Crippen molar-refractivity contribution in [3.05, 3.63) is 48.0 Å². The van der Waals surface area contributed by atoms with Crippen molar-refractivity contribution in [1.82, 2.24) is 0 Å². The van der Waals surface area contributed by atoms with E-state index in [4.69, 9.17) is 10.2 Å². The average Bonchev–Trinajstić information content (AvgIpc) is 2.75. The molecule has 3 rings (SSSR count). The lowest BCUT2D eigenvalue weighted by Gasteiger charge is -2.15. The lowest BCUT2D eigenvalue weighted by Crippen LogP contribution is -2.16. The molecule has 0 aliphatic carbocycles. The van der Waals surface area contributed by atoms with Crippen molar-refractivity contribution >= 4 is 21.9 Å². The summed E-state index contributed by atoms with van der Waals surface area (Å²) in [5.74, 6) is 0.431. The van der Waals surface area contributed by atoms with Gasteiger partial charge in [-0.05, 0) is 29.7 Å². The Balaban J connectivity index is 2.24. The van der Waals surface area contributed by atoms with E-state index >= 15 is 0 Å². The van der Waals surface area contributed by atoms with Gasteiger partial charge in [-0.2, -0.15) is 0 Å². The summed E-state index contributed by atoms with van der Waals surface area (Å²) in [6.45, 7) is 4.28. The van der Waals surface area contributed by atoms with Crippen LogP contribution in [0.3, 0.4) is 0 Å². The minimum atomic E-state index is 0.0723. The second-order valence-electron chi connectivity index (χ2n) is 5.12. The van der Waals surface area contributed by atoms with Gasteiger partial charge in [0, 0.05) is 16.8 Å². The van der Waals surface area contributed by atoms with E-state index < -0.39 is 0 Å². The van der Waals surface area contributed by atoms with Crippen LogP contribution in [0, 0.1) is 5.92 Å². The number of benzene rings is 2. The molecule has 0 saturated carbocycles. The second-order valence-corrected chi connectivity index (χ2v) is 5.12. The molecular weight excluding hydrogens is 222 g/mol. The first-order chi connectivity index (χ1) is 8.66. The molecule has 3 aromatic rings. The van der Waals surface area contributed by atoms with Crippen molar-refractivity contribution in [3.63, 3.8) is 0 Å². The fourth-order valence-corrected chi connectivity index (χ4v) is 2.34. The first-order valence-electron chi connectivity index (χ1n) is 6.33. The van der Waals surface area contributed by atoms with Gasteiger partial charge < -0.3 is 10.2 Å². The van der Waals surface area contributed by atoms with Gasteiger partial charge in [0.25, 0.3) is 0 Å². The Hall–Kier alpha value is -1.80. The summed E-state index contributed by atoms with van der Waals surface area (Å²) in [4.78, 5) is 0. The van der Waals surface area contributed by atoms with Crippen molar-refractivity contribution in [2.75, 3.05) is 0 Å². The van der Waals surface area contributed by atoms with E-state index in [-0.39, 0.29) is 6.04 Å². The Morgan fingerprint density at radius 1 is 0.944 bits per heavy atom. The SMILES string of the molecule is CC(C)[C@@H](N)c1ccc2oc3ccccc3c2c1. The zero-order valence-corrected chi connectivity index (χ0v) is 10.7. The largest absolute Gasteiger partial charge is 0.456 e. The highest BCUT2D eigenvalue weighted by atomic mass is 16.3. The van der Waals surface area contributed by atoms with Crippen LogP contribution in [0.15, 0.2) is 46.9 Å². The molecule has 0 radical (unpaired) electrons. The predicted molar refractivity (Wildman–Crippen MR) is 75.5 cm³/mol. The standard InChI is InChI=1S/C16H17NO/c1-10(2)16(17)11-7-8-15-13(9-11)12-5-3-4-6-14(12)18-15/h3-10,16H,17H2,1-2H3/t16-/m1/s1. The Bertz CT molecular complexity index is 696. The molecule has 1 heterocycles. The van der Waals surface area contributed by atoms with Gasteiger partial charge in [-0.25, -0.2) is 0 Å². The molecule has 92 valence electrons. The van der Waals surface area contributed by atoms with Crippen LogP contribution in [-0.4, -0.2) is 0 Å². The number of nitrogens with two attached hydrogens (primary N) is 1. The maximum Gasteiger partial charge on any atom is 0.135 e. The zero-order chi connectivity index (χ0) is 12.7. The first-order valence-corrected chi connectivity index (χ1v) is 6.33. The maximum atomic E-state index is 6.21.